The molecule has 0 aromatic rings. The van der Waals surface area contributed by atoms with Crippen LogP contribution in [0.15, 0.2) is 0 Å². The normalized spacial score (nSPS) is 23.3. The SMILES string of the molecule is COC(=O)[C@H](C)CS(=O)(=O)N1CCS[C@H](C(C)C)C1. The molecule has 1 saturated heterocycles. The Balaban J connectivity index is 2.69. The third-order valence-electron chi connectivity index (χ3n) is 3.26. The van der Waals surface area contributed by atoms with Gasteiger partial charge in [0.25, 0.3) is 0 Å². The van der Waals surface area contributed by atoms with Crippen molar-refractivity contribution in [3.8, 4) is 0 Å². The summed E-state index contributed by atoms with van der Waals surface area (Å²) in [7, 11) is -2.11. The molecule has 0 aromatic carbocycles. The molecular formula is C12H23NO4S2. The van der Waals surface area contributed by atoms with Crippen LogP contribution in [0.1, 0.15) is 20.8 Å². The van der Waals surface area contributed by atoms with Crippen molar-refractivity contribution in [2.75, 3.05) is 31.7 Å². The molecule has 1 rings (SSSR count). The molecule has 1 aliphatic heterocycles. The largest absolute Gasteiger partial charge is 0.469 e. The lowest BCUT2D eigenvalue weighted by molar-refractivity contribution is -0.144. The topological polar surface area (TPSA) is 63.7 Å². The zero-order valence-corrected chi connectivity index (χ0v) is 13.6. The number of carbonyl (C=O) groups excluding carboxylic acids is 1. The highest BCUT2D eigenvalue weighted by Crippen LogP contribution is 2.27. The summed E-state index contributed by atoms with van der Waals surface area (Å²) >= 11 is 1.82. The first kappa shape index (κ1) is 16.8. The van der Waals surface area contributed by atoms with Gasteiger partial charge in [-0.2, -0.15) is 16.1 Å². The molecule has 5 nitrogen and oxygen atoms in total. The lowest BCUT2D eigenvalue weighted by Gasteiger charge is -2.33. The Labute approximate surface area is 120 Å². The summed E-state index contributed by atoms with van der Waals surface area (Å²) in [5.74, 6) is -0.0115. The van der Waals surface area contributed by atoms with E-state index in [1.165, 1.54) is 11.4 Å². The molecule has 1 fully saturated rings. The summed E-state index contributed by atoms with van der Waals surface area (Å²) in [6.45, 7) is 6.86. The van der Waals surface area contributed by atoms with Gasteiger partial charge in [-0.3, -0.25) is 4.79 Å². The highest BCUT2D eigenvalue weighted by atomic mass is 32.2. The van der Waals surface area contributed by atoms with Gasteiger partial charge in [-0.15, -0.1) is 0 Å². The molecule has 19 heavy (non-hydrogen) atoms. The molecule has 2 atom stereocenters. The third-order valence-corrected chi connectivity index (χ3v) is 6.84. The van der Waals surface area contributed by atoms with Crippen molar-refractivity contribution < 1.29 is 17.9 Å². The second-order valence-corrected chi connectivity index (χ2v) is 8.57. The quantitative estimate of drug-likeness (QED) is 0.714. The van der Waals surface area contributed by atoms with Crippen molar-refractivity contribution >= 4 is 27.8 Å². The lowest BCUT2D eigenvalue weighted by atomic mass is 10.1. The van der Waals surface area contributed by atoms with Gasteiger partial charge in [-0.1, -0.05) is 20.8 Å². The molecule has 0 unspecified atom stereocenters. The number of thioether (sulfide) groups is 1. The van der Waals surface area contributed by atoms with Crippen LogP contribution in [0.2, 0.25) is 0 Å². The molecule has 0 bridgehead atoms. The van der Waals surface area contributed by atoms with E-state index in [1.807, 2.05) is 11.8 Å². The highest BCUT2D eigenvalue weighted by molar-refractivity contribution is 8.00. The molecular weight excluding hydrogens is 286 g/mol. The van der Waals surface area contributed by atoms with E-state index < -0.39 is 21.9 Å². The number of esters is 1. The monoisotopic (exact) mass is 309 g/mol. The molecule has 0 spiro atoms. The minimum absolute atomic E-state index is 0.171. The molecule has 112 valence electrons. The number of carbonyl (C=O) groups is 1. The van der Waals surface area contributed by atoms with Gasteiger partial charge in [-0.25, -0.2) is 8.42 Å². The van der Waals surface area contributed by atoms with Crippen molar-refractivity contribution in [1.29, 1.82) is 0 Å². The Morgan fingerprint density at radius 2 is 2.05 bits per heavy atom. The van der Waals surface area contributed by atoms with E-state index in [0.29, 0.717) is 24.3 Å². The Morgan fingerprint density at radius 1 is 1.42 bits per heavy atom. The van der Waals surface area contributed by atoms with Gasteiger partial charge in [0.1, 0.15) is 0 Å². The molecule has 7 heteroatoms. The van der Waals surface area contributed by atoms with Crippen molar-refractivity contribution in [2.24, 2.45) is 11.8 Å². The van der Waals surface area contributed by atoms with Gasteiger partial charge in [-0.05, 0) is 5.92 Å². The maximum absolute atomic E-state index is 12.3. The summed E-state index contributed by atoms with van der Waals surface area (Å²) in [5, 5.41) is 0.331. The first-order valence-electron chi connectivity index (χ1n) is 6.45. The first-order valence-corrected chi connectivity index (χ1v) is 9.11. The van der Waals surface area contributed by atoms with E-state index in [9.17, 15) is 13.2 Å². The van der Waals surface area contributed by atoms with Gasteiger partial charge in [0.2, 0.25) is 10.0 Å². The Morgan fingerprint density at radius 3 is 2.58 bits per heavy atom. The first-order chi connectivity index (χ1) is 8.77. The van der Waals surface area contributed by atoms with Crippen LogP contribution in [0.5, 0.6) is 0 Å². The van der Waals surface area contributed by atoms with Crippen LogP contribution in [0.4, 0.5) is 0 Å². The van der Waals surface area contributed by atoms with Crippen LogP contribution >= 0.6 is 11.8 Å². The molecule has 1 heterocycles. The number of ether oxygens (including phenoxy) is 1. The van der Waals surface area contributed by atoms with Crippen LogP contribution in [0.3, 0.4) is 0 Å². The fraction of sp³-hybridized carbons (Fsp3) is 0.917. The fourth-order valence-corrected chi connectivity index (χ4v) is 5.24. The number of rotatable bonds is 5. The summed E-state index contributed by atoms with van der Waals surface area (Å²) < 4.78 is 30.7. The predicted molar refractivity (Wildman–Crippen MR) is 77.6 cm³/mol. The zero-order valence-electron chi connectivity index (χ0n) is 12.0. The van der Waals surface area contributed by atoms with E-state index in [0.717, 1.165) is 5.75 Å². The Hall–Kier alpha value is -0.270. The molecule has 0 aromatic heterocycles. The Bertz CT molecular complexity index is 408. The molecule has 0 aliphatic carbocycles. The van der Waals surface area contributed by atoms with Crippen molar-refractivity contribution in [2.45, 2.75) is 26.0 Å². The van der Waals surface area contributed by atoms with Crippen molar-refractivity contribution in [3.63, 3.8) is 0 Å². The highest BCUT2D eigenvalue weighted by Gasteiger charge is 2.33. The number of sulfonamides is 1. The summed E-state index contributed by atoms with van der Waals surface area (Å²) in [4.78, 5) is 11.3. The van der Waals surface area contributed by atoms with Crippen LogP contribution in [-0.4, -0.2) is 55.6 Å². The van der Waals surface area contributed by atoms with Crippen molar-refractivity contribution in [3.05, 3.63) is 0 Å². The van der Waals surface area contributed by atoms with E-state index in [1.54, 1.807) is 6.92 Å². The predicted octanol–water partition coefficient (Wildman–Crippen LogP) is 1.20. The Kier molecular flexibility index (Phi) is 6.14. The number of nitrogens with zero attached hydrogens (tertiary/aromatic N) is 1. The maximum atomic E-state index is 12.3. The molecule has 1 aliphatic rings. The van der Waals surface area contributed by atoms with Crippen LogP contribution in [-0.2, 0) is 19.6 Å². The maximum Gasteiger partial charge on any atom is 0.309 e. The smallest absolute Gasteiger partial charge is 0.309 e. The van der Waals surface area contributed by atoms with E-state index in [4.69, 9.17) is 0 Å². The fourth-order valence-electron chi connectivity index (χ4n) is 2.00. The number of hydrogen-bond acceptors (Lipinski definition) is 5. The number of hydrogen-bond donors (Lipinski definition) is 0. The standard InChI is InChI=1S/C12H23NO4S2/c1-9(2)11-7-13(5-6-18-11)19(15,16)8-10(3)12(14)17-4/h9-11H,5-8H2,1-4H3/t10-,11+/m1/s1. The van der Waals surface area contributed by atoms with Gasteiger partial charge in [0.15, 0.2) is 0 Å². The molecule has 0 N–H and O–H groups in total. The van der Waals surface area contributed by atoms with Gasteiger partial charge >= 0.3 is 5.97 Å². The second kappa shape index (κ2) is 6.95. The minimum atomic E-state index is -3.38. The molecule has 0 amide bonds. The van der Waals surface area contributed by atoms with Crippen LogP contribution in [0, 0.1) is 11.8 Å². The third kappa shape index (κ3) is 4.65. The van der Waals surface area contributed by atoms with Gasteiger partial charge < -0.3 is 4.74 Å². The summed E-state index contributed by atoms with van der Waals surface area (Å²) in [6.07, 6.45) is 0. The van der Waals surface area contributed by atoms with Crippen LogP contribution < -0.4 is 0 Å². The second-order valence-electron chi connectivity index (χ2n) is 5.21. The molecule has 0 saturated carbocycles. The van der Waals surface area contributed by atoms with E-state index >= 15 is 0 Å². The van der Waals surface area contributed by atoms with E-state index in [-0.39, 0.29) is 5.75 Å². The van der Waals surface area contributed by atoms with Crippen molar-refractivity contribution in [1.82, 2.24) is 4.31 Å². The number of methoxy groups -OCH3 is 1. The minimum Gasteiger partial charge on any atom is -0.469 e. The average molecular weight is 309 g/mol. The van der Waals surface area contributed by atoms with Gasteiger partial charge in [0.05, 0.1) is 18.8 Å². The van der Waals surface area contributed by atoms with E-state index in [2.05, 4.69) is 18.6 Å². The average Bonchev–Trinajstić information content (AvgIpc) is 2.37. The lowest BCUT2D eigenvalue weighted by Crippen LogP contribution is -2.45. The summed E-state index contributed by atoms with van der Waals surface area (Å²) in [5.41, 5.74) is 0. The van der Waals surface area contributed by atoms with Gasteiger partial charge in [0, 0.05) is 24.1 Å². The molecule has 0 radical (unpaired) electrons. The zero-order chi connectivity index (χ0) is 14.6. The van der Waals surface area contributed by atoms with Crippen LogP contribution in [0.25, 0.3) is 0 Å². The summed E-state index contributed by atoms with van der Waals surface area (Å²) in [6, 6.07) is 0.